The highest BCUT2D eigenvalue weighted by Gasteiger charge is 2.17. The maximum atomic E-state index is 14.2. The summed E-state index contributed by atoms with van der Waals surface area (Å²) in [7, 11) is 0. The first-order valence-electron chi connectivity index (χ1n) is 9.69. The highest BCUT2D eigenvalue weighted by molar-refractivity contribution is 7.15. The van der Waals surface area contributed by atoms with Crippen molar-refractivity contribution in [3.63, 3.8) is 0 Å². The summed E-state index contributed by atoms with van der Waals surface area (Å²) in [6.07, 6.45) is 3.87. The predicted octanol–water partition coefficient (Wildman–Crippen LogP) is 4.31. The van der Waals surface area contributed by atoms with Crippen molar-refractivity contribution in [1.82, 2.24) is 19.2 Å². The molecule has 0 radical (unpaired) electrons. The van der Waals surface area contributed by atoms with Gasteiger partial charge in [-0.2, -0.15) is 5.10 Å². The van der Waals surface area contributed by atoms with Crippen molar-refractivity contribution >= 4 is 27.9 Å². The van der Waals surface area contributed by atoms with E-state index in [0.717, 1.165) is 16.2 Å². The number of anilines is 1. The number of carbonyl (C=O) groups is 1. The maximum absolute atomic E-state index is 14.2. The fourth-order valence-corrected chi connectivity index (χ4v) is 4.05. The van der Waals surface area contributed by atoms with Crippen molar-refractivity contribution in [2.45, 2.75) is 6.92 Å². The van der Waals surface area contributed by atoms with Crippen LogP contribution in [-0.4, -0.2) is 25.1 Å². The molecule has 0 atom stereocenters. The van der Waals surface area contributed by atoms with Crippen molar-refractivity contribution in [3.05, 3.63) is 99.8 Å². The van der Waals surface area contributed by atoms with Crippen LogP contribution < -0.4 is 10.7 Å². The lowest BCUT2D eigenvalue weighted by molar-refractivity contribution is 0.101. The molecular weight excluding hydrogens is 429 g/mol. The van der Waals surface area contributed by atoms with Gasteiger partial charge in [0.1, 0.15) is 11.5 Å². The average Bonchev–Trinajstić information content (AvgIpc) is 3.37. The maximum Gasteiger partial charge on any atom is 0.280 e. The molecule has 5 rings (SSSR count). The molecule has 5 aromatic rings. The fourth-order valence-electron chi connectivity index (χ4n) is 3.35. The molecule has 0 saturated carbocycles. The van der Waals surface area contributed by atoms with E-state index in [4.69, 9.17) is 0 Å². The van der Waals surface area contributed by atoms with Crippen LogP contribution in [0.2, 0.25) is 0 Å². The summed E-state index contributed by atoms with van der Waals surface area (Å²) in [5.41, 5.74) is 1.93. The van der Waals surface area contributed by atoms with Crippen molar-refractivity contribution < 1.29 is 9.18 Å². The topological polar surface area (TPSA) is 81.3 Å². The second kappa shape index (κ2) is 7.86. The van der Waals surface area contributed by atoms with Gasteiger partial charge in [0.25, 0.3) is 5.91 Å². The molecule has 0 fully saturated rings. The number of hydrogen-bond acceptors (Lipinski definition) is 5. The Bertz CT molecular complexity index is 1490. The number of halogens is 1. The largest absolute Gasteiger partial charge is 0.320 e. The van der Waals surface area contributed by atoms with Crippen molar-refractivity contribution in [2.75, 3.05) is 5.32 Å². The Morgan fingerprint density at radius 3 is 2.66 bits per heavy atom. The van der Waals surface area contributed by atoms with Crippen LogP contribution in [0.15, 0.2) is 77.2 Å². The van der Waals surface area contributed by atoms with Crippen LogP contribution in [0.5, 0.6) is 0 Å². The van der Waals surface area contributed by atoms with Gasteiger partial charge in [-0.05, 0) is 31.2 Å². The molecule has 0 aliphatic rings. The molecule has 0 unspecified atom stereocenters. The van der Waals surface area contributed by atoms with Crippen LogP contribution in [0.3, 0.4) is 0 Å². The highest BCUT2D eigenvalue weighted by atomic mass is 32.1. The minimum Gasteiger partial charge on any atom is -0.320 e. The fraction of sp³-hybridized carbons (Fsp3) is 0.0435. The standard InChI is InChI=1S/C23H16FN5O2S/c1-14-12-20(30)21(27-29(14)19-5-3-2-4-17(19)24)22(31)25-16-8-6-15(7-9-16)18-13-28-10-11-32-23(28)26-18/h2-13H,1H3,(H,25,31). The third kappa shape index (κ3) is 3.58. The van der Waals surface area contributed by atoms with Crippen LogP contribution in [0.1, 0.15) is 16.2 Å². The number of fused-ring (bicyclic) bond motifs is 1. The van der Waals surface area contributed by atoms with Gasteiger partial charge in [-0.3, -0.25) is 14.0 Å². The molecule has 1 amide bonds. The third-order valence-corrected chi connectivity index (χ3v) is 5.71. The third-order valence-electron chi connectivity index (χ3n) is 4.93. The number of imidazole rings is 1. The SMILES string of the molecule is Cc1cc(=O)c(C(=O)Nc2ccc(-c3cn4ccsc4n3)cc2)nn1-c1ccccc1F. The molecule has 2 aromatic carbocycles. The molecule has 0 spiro atoms. The van der Waals surface area contributed by atoms with Crippen molar-refractivity contribution in [1.29, 1.82) is 0 Å². The van der Waals surface area contributed by atoms with Gasteiger partial charge in [-0.25, -0.2) is 14.1 Å². The van der Waals surface area contributed by atoms with Crippen LogP contribution in [0.4, 0.5) is 10.1 Å². The summed E-state index contributed by atoms with van der Waals surface area (Å²) in [5.74, 6) is -1.18. The van der Waals surface area contributed by atoms with Crippen LogP contribution >= 0.6 is 11.3 Å². The number of aryl methyl sites for hydroxylation is 1. The number of thiazole rings is 1. The second-order valence-electron chi connectivity index (χ2n) is 7.11. The molecule has 3 aromatic heterocycles. The number of aromatic nitrogens is 4. The van der Waals surface area contributed by atoms with Gasteiger partial charge in [0.05, 0.1) is 5.69 Å². The van der Waals surface area contributed by atoms with E-state index in [1.807, 2.05) is 34.3 Å². The number of nitrogens with one attached hydrogen (secondary N) is 1. The monoisotopic (exact) mass is 445 g/mol. The van der Waals surface area contributed by atoms with Gasteiger partial charge >= 0.3 is 0 Å². The molecule has 9 heteroatoms. The number of benzene rings is 2. The van der Waals surface area contributed by atoms with Crippen LogP contribution in [0.25, 0.3) is 21.9 Å². The lowest BCUT2D eigenvalue weighted by Gasteiger charge is -2.12. The highest BCUT2D eigenvalue weighted by Crippen LogP contribution is 2.23. The molecule has 32 heavy (non-hydrogen) atoms. The van der Waals surface area contributed by atoms with E-state index >= 15 is 0 Å². The Kier molecular flexibility index (Phi) is 4.87. The first-order valence-corrected chi connectivity index (χ1v) is 10.6. The first kappa shape index (κ1) is 19.8. The van der Waals surface area contributed by atoms with E-state index in [2.05, 4.69) is 15.4 Å². The minimum atomic E-state index is -0.671. The lowest BCUT2D eigenvalue weighted by atomic mass is 10.1. The quantitative estimate of drug-likeness (QED) is 0.447. The van der Waals surface area contributed by atoms with Gasteiger partial charge in [-0.15, -0.1) is 11.3 Å². The second-order valence-corrected chi connectivity index (χ2v) is 7.99. The number of nitrogens with zero attached hydrogens (tertiary/aromatic N) is 4. The Balaban J connectivity index is 1.41. The Morgan fingerprint density at radius 2 is 1.91 bits per heavy atom. The van der Waals surface area contributed by atoms with Crippen LogP contribution in [0, 0.1) is 12.7 Å². The summed E-state index contributed by atoms with van der Waals surface area (Å²) >= 11 is 1.55. The van der Waals surface area contributed by atoms with E-state index in [0.29, 0.717) is 11.4 Å². The van der Waals surface area contributed by atoms with E-state index in [-0.39, 0.29) is 11.4 Å². The van der Waals surface area contributed by atoms with Gasteiger partial charge in [-0.1, -0.05) is 24.3 Å². The van der Waals surface area contributed by atoms with E-state index in [1.54, 1.807) is 42.5 Å². The molecular formula is C23H16FN5O2S. The van der Waals surface area contributed by atoms with Gasteiger partial charge < -0.3 is 5.32 Å². The first-order chi connectivity index (χ1) is 15.5. The van der Waals surface area contributed by atoms with E-state index in [9.17, 15) is 14.0 Å². The summed E-state index contributed by atoms with van der Waals surface area (Å²) in [6.45, 7) is 1.63. The summed E-state index contributed by atoms with van der Waals surface area (Å²) < 4.78 is 17.4. The zero-order chi connectivity index (χ0) is 22.2. The van der Waals surface area contributed by atoms with E-state index in [1.165, 1.54) is 22.9 Å². The van der Waals surface area contributed by atoms with Gasteiger partial charge in [0, 0.05) is 40.8 Å². The number of amides is 1. The zero-order valence-corrected chi connectivity index (χ0v) is 17.6. The number of para-hydroxylation sites is 1. The molecule has 7 nitrogen and oxygen atoms in total. The number of carbonyl (C=O) groups excluding carboxylic acids is 1. The molecule has 3 heterocycles. The minimum absolute atomic E-state index is 0.156. The molecule has 0 aliphatic carbocycles. The molecule has 0 saturated heterocycles. The van der Waals surface area contributed by atoms with Crippen LogP contribution in [-0.2, 0) is 0 Å². The lowest BCUT2D eigenvalue weighted by Crippen LogP contribution is -2.27. The normalized spacial score (nSPS) is 11.1. The zero-order valence-electron chi connectivity index (χ0n) is 16.8. The Morgan fingerprint density at radius 1 is 1.12 bits per heavy atom. The van der Waals surface area contributed by atoms with Gasteiger partial charge in [0.2, 0.25) is 5.43 Å². The Labute approximate surface area is 185 Å². The molecule has 158 valence electrons. The predicted molar refractivity (Wildman–Crippen MR) is 121 cm³/mol. The van der Waals surface area contributed by atoms with Crippen molar-refractivity contribution in [3.8, 4) is 16.9 Å². The van der Waals surface area contributed by atoms with Crippen molar-refractivity contribution in [2.24, 2.45) is 0 Å². The van der Waals surface area contributed by atoms with E-state index < -0.39 is 17.2 Å². The number of rotatable bonds is 4. The molecule has 0 aliphatic heterocycles. The average molecular weight is 445 g/mol. The summed E-state index contributed by atoms with van der Waals surface area (Å²) in [6, 6.07) is 14.4. The van der Waals surface area contributed by atoms with Gasteiger partial charge in [0.15, 0.2) is 10.7 Å². The summed E-state index contributed by atoms with van der Waals surface area (Å²) in [5, 5.41) is 8.77. The smallest absolute Gasteiger partial charge is 0.280 e. The molecule has 1 N–H and O–H groups in total. The number of hydrogen-bond donors (Lipinski definition) is 1. The Hall–Kier alpha value is -4.11. The molecule has 0 bridgehead atoms. The summed E-state index contributed by atoms with van der Waals surface area (Å²) in [4.78, 5) is 30.6.